The van der Waals surface area contributed by atoms with Crippen molar-refractivity contribution >= 4 is 11.8 Å². The van der Waals surface area contributed by atoms with Crippen LogP contribution in [-0.4, -0.2) is 41.9 Å². The monoisotopic (exact) mass is 309 g/mol. The molecule has 2 rings (SSSR count). The van der Waals surface area contributed by atoms with Gasteiger partial charge in [-0.1, -0.05) is 17.7 Å². The fraction of sp³-hybridized carbons (Fsp3) is 0.647. The highest BCUT2D eigenvalue weighted by Crippen LogP contribution is 2.26. The third-order valence-corrected chi connectivity index (χ3v) is 5.25. The highest BCUT2D eigenvalue weighted by atomic mass is 32.2. The molecule has 1 unspecified atom stereocenters. The Hall–Kier alpha value is -0.710. The lowest BCUT2D eigenvalue weighted by atomic mass is 9.95. The second kappa shape index (κ2) is 8.66. The summed E-state index contributed by atoms with van der Waals surface area (Å²) in [4.78, 5) is 0. The van der Waals surface area contributed by atoms with Gasteiger partial charge in [-0.25, -0.2) is 0 Å². The largest absolute Gasteiger partial charge is 0.491 e. The Kier molecular flexibility index (Phi) is 6.87. The van der Waals surface area contributed by atoms with Gasteiger partial charge >= 0.3 is 0 Å². The molecule has 1 aliphatic rings. The number of benzene rings is 1. The first-order chi connectivity index (χ1) is 10.2. The molecule has 2 N–H and O–H groups in total. The van der Waals surface area contributed by atoms with E-state index in [1.165, 1.54) is 31.2 Å². The van der Waals surface area contributed by atoms with Crippen LogP contribution in [0.5, 0.6) is 5.75 Å². The van der Waals surface area contributed by atoms with Gasteiger partial charge in [-0.15, -0.1) is 0 Å². The van der Waals surface area contributed by atoms with Gasteiger partial charge in [-0.05, 0) is 51.0 Å². The van der Waals surface area contributed by atoms with E-state index in [4.69, 9.17) is 4.74 Å². The fourth-order valence-corrected chi connectivity index (χ4v) is 3.43. The van der Waals surface area contributed by atoms with Crippen LogP contribution in [-0.2, 0) is 0 Å². The molecule has 4 heteroatoms. The summed E-state index contributed by atoms with van der Waals surface area (Å²) in [6.07, 6.45) is 6.76. The summed E-state index contributed by atoms with van der Waals surface area (Å²) >= 11 is 1.98. The lowest BCUT2D eigenvalue weighted by Gasteiger charge is -2.28. The van der Waals surface area contributed by atoms with E-state index in [0.29, 0.717) is 19.2 Å². The van der Waals surface area contributed by atoms with Crippen molar-refractivity contribution in [2.75, 3.05) is 19.4 Å². The number of thioether (sulfide) groups is 1. The number of aliphatic hydroxyl groups excluding tert-OH is 1. The van der Waals surface area contributed by atoms with Gasteiger partial charge in [0.25, 0.3) is 0 Å². The molecule has 21 heavy (non-hydrogen) atoms. The number of rotatable bonds is 7. The van der Waals surface area contributed by atoms with Crippen molar-refractivity contribution in [1.82, 2.24) is 5.32 Å². The molecule has 0 aromatic heterocycles. The van der Waals surface area contributed by atoms with Gasteiger partial charge in [0.1, 0.15) is 18.5 Å². The Morgan fingerprint density at radius 2 is 1.90 bits per heavy atom. The van der Waals surface area contributed by atoms with Gasteiger partial charge in [0, 0.05) is 17.8 Å². The van der Waals surface area contributed by atoms with Crippen molar-refractivity contribution in [1.29, 1.82) is 0 Å². The average Bonchev–Trinajstić information content (AvgIpc) is 2.53. The van der Waals surface area contributed by atoms with Crippen LogP contribution in [0.2, 0.25) is 0 Å². The maximum Gasteiger partial charge on any atom is 0.119 e. The topological polar surface area (TPSA) is 41.5 Å². The van der Waals surface area contributed by atoms with Crippen LogP contribution in [0.1, 0.15) is 31.2 Å². The van der Waals surface area contributed by atoms with Crippen LogP contribution >= 0.6 is 11.8 Å². The summed E-state index contributed by atoms with van der Waals surface area (Å²) in [7, 11) is 0. The van der Waals surface area contributed by atoms with Gasteiger partial charge in [0.2, 0.25) is 0 Å². The predicted octanol–water partition coefficient (Wildman–Crippen LogP) is 3.00. The molecule has 0 amide bonds. The van der Waals surface area contributed by atoms with E-state index >= 15 is 0 Å². The Balaban J connectivity index is 1.61. The summed E-state index contributed by atoms with van der Waals surface area (Å²) in [5.41, 5.74) is 1.21. The fourth-order valence-electron chi connectivity index (χ4n) is 2.69. The first-order valence-electron chi connectivity index (χ1n) is 7.81. The van der Waals surface area contributed by atoms with E-state index in [9.17, 15) is 5.11 Å². The first kappa shape index (κ1) is 16.7. The van der Waals surface area contributed by atoms with E-state index in [0.717, 1.165) is 11.0 Å². The van der Waals surface area contributed by atoms with Crippen LogP contribution in [0, 0.1) is 6.92 Å². The maximum atomic E-state index is 10.0. The van der Waals surface area contributed by atoms with E-state index in [1.807, 2.05) is 43.0 Å². The molecule has 0 bridgehead atoms. The van der Waals surface area contributed by atoms with Crippen molar-refractivity contribution in [3.8, 4) is 5.75 Å². The van der Waals surface area contributed by atoms with Crippen LogP contribution < -0.4 is 10.1 Å². The Morgan fingerprint density at radius 3 is 2.52 bits per heavy atom. The minimum absolute atomic E-state index is 0.343. The third-order valence-electron chi connectivity index (χ3n) is 4.11. The van der Waals surface area contributed by atoms with Crippen molar-refractivity contribution in [3.05, 3.63) is 29.8 Å². The standard InChI is InChI=1S/C17H27NO2S/c1-13-3-7-16(8-4-13)20-12-15(19)11-18-14-5-9-17(21-2)10-6-14/h3-4,7-8,14-15,17-19H,5-6,9-12H2,1-2H3. The molecule has 1 aliphatic carbocycles. The number of ether oxygens (including phenoxy) is 1. The van der Waals surface area contributed by atoms with E-state index in [1.54, 1.807) is 0 Å². The minimum Gasteiger partial charge on any atom is -0.491 e. The summed E-state index contributed by atoms with van der Waals surface area (Å²) < 4.78 is 5.60. The van der Waals surface area contributed by atoms with E-state index in [2.05, 4.69) is 11.6 Å². The summed E-state index contributed by atoms with van der Waals surface area (Å²) in [5.74, 6) is 0.820. The van der Waals surface area contributed by atoms with Crippen molar-refractivity contribution < 1.29 is 9.84 Å². The van der Waals surface area contributed by atoms with Crippen LogP contribution in [0.4, 0.5) is 0 Å². The summed E-state index contributed by atoms with van der Waals surface area (Å²) in [5, 5.41) is 14.3. The Bertz CT molecular complexity index is 402. The van der Waals surface area contributed by atoms with Gasteiger partial charge in [-0.2, -0.15) is 11.8 Å². The van der Waals surface area contributed by atoms with Crippen molar-refractivity contribution in [3.63, 3.8) is 0 Å². The van der Waals surface area contributed by atoms with Gasteiger partial charge in [0.05, 0.1) is 0 Å². The van der Waals surface area contributed by atoms with Gasteiger partial charge in [-0.3, -0.25) is 0 Å². The molecule has 118 valence electrons. The van der Waals surface area contributed by atoms with E-state index < -0.39 is 6.10 Å². The van der Waals surface area contributed by atoms with Crippen molar-refractivity contribution in [2.24, 2.45) is 0 Å². The zero-order chi connectivity index (χ0) is 15.1. The van der Waals surface area contributed by atoms with Crippen LogP contribution in [0.3, 0.4) is 0 Å². The van der Waals surface area contributed by atoms with Gasteiger partial charge in [0.15, 0.2) is 0 Å². The molecule has 1 saturated carbocycles. The molecule has 1 aromatic rings. The molecule has 0 heterocycles. The highest BCUT2D eigenvalue weighted by molar-refractivity contribution is 7.99. The predicted molar refractivity (Wildman–Crippen MR) is 90.2 cm³/mol. The lowest BCUT2D eigenvalue weighted by Crippen LogP contribution is -2.40. The molecule has 0 aliphatic heterocycles. The zero-order valence-electron chi connectivity index (χ0n) is 13.0. The molecule has 0 saturated heterocycles. The van der Waals surface area contributed by atoms with Crippen LogP contribution in [0.15, 0.2) is 24.3 Å². The summed E-state index contributed by atoms with van der Waals surface area (Å²) in [6.45, 7) is 3.00. The first-order valence-corrected chi connectivity index (χ1v) is 9.10. The smallest absolute Gasteiger partial charge is 0.119 e. The quantitative estimate of drug-likeness (QED) is 0.812. The normalized spacial score (nSPS) is 23.8. The molecule has 1 atom stereocenters. The molecular weight excluding hydrogens is 282 g/mol. The molecule has 0 radical (unpaired) electrons. The maximum absolute atomic E-state index is 10.0. The lowest BCUT2D eigenvalue weighted by molar-refractivity contribution is 0.102. The average molecular weight is 309 g/mol. The molecular formula is C17H27NO2S. The number of aryl methyl sites for hydroxylation is 1. The van der Waals surface area contributed by atoms with Crippen molar-refractivity contribution in [2.45, 2.75) is 50.0 Å². The zero-order valence-corrected chi connectivity index (χ0v) is 13.9. The third kappa shape index (κ3) is 5.89. The second-order valence-electron chi connectivity index (χ2n) is 5.90. The number of hydrogen-bond acceptors (Lipinski definition) is 4. The molecule has 1 fully saturated rings. The molecule has 0 spiro atoms. The SMILES string of the molecule is CSC1CCC(NCC(O)COc2ccc(C)cc2)CC1. The molecule has 3 nitrogen and oxygen atoms in total. The van der Waals surface area contributed by atoms with E-state index in [-0.39, 0.29) is 0 Å². The molecule has 1 aromatic carbocycles. The number of hydrogen-bond donors (Lipinski definition) is 2. The number of aliphatic hydroxyl groups is 1. The summed E-state index contributed by atoms with van der Waals surface area (Å²) in [6, 6.07) is 8.48. The van der Waals surface area contributed by atoms with Crippen LogP contribution in [0.25, 0.3) is 0 Å². The number of nitrogens with one attached hydrogen (secondary N) is 1. The Labute approximate surface area is 132 Å². The second-order valence-corrected chi connectivity index (χ2v) is 7.03. The minimum atomic E-state index is -0.454. The Morgan fingerprint density at radius 1 is 1.24 bits per heavy atom. The highest BCUT2D eigenvalue weighted by Gasteiger charge is 2.20. The van der Waals surface area contributed by atoms with Gasteiger partial charge < -0.3 is 15.2 Å².